The van der Waals surface area contributed by atoms with Gasteiger partial charge in [-0.2, -0.15) is 0 Å². The lowest BCUT2D eigenvalue weighted by Gasteiger charge is -2.16. The lowest BCUT2D eigenvalue weighted by molar-refractivity contribution is 0.325. The van der Waals surface area contributed by atoms with Crippen molar-refractivity contribution in [3.63, 3.8) is 0 Å². The van der Waals surface area contributed by atoms with Crippen LogP contribution in [-0.4, -0.2) is 28.4 Å². The molecule has 0 atom stereocenters. The van der Waals surface area contributed by atoms with Crippen molar-refractivity contribution in [3.05, 3.63) is 42.0 Å². The Balaban J connectivity index is 2.47. The zero-order valence-corrected chi connectivity index (χ0v) is 12.9. The molecule has 0 spiro atoms. The van der Waals surface area contributed by atoms with Crippen molar-refractivity contribution >= 4 is 0 Å². The molecule has 0 fully saturated rings. The van der Waals surface area contributed by atoms with E-state index >= 15 is 0 Å². The van der Waals surface area contributed by atoms with Crippen molar-refractivity contribution in [3.8, 4) is 28.4 Å². The molecule has 0 aromatic heterocycles. The molecule has 0 aliphatic rings. The Morgan fingerprint density at radius 1 is 0.810 bits per heavy atom. The number of nitrogens with one attached hydrogen (secondary N) is 1. The van der Waals surface area contributed by atoms with Crippen LogP contribution in [0.5, 0.6) is 17.2 Å². The fourth-order valence-electron chi connectivity index (χ4n) is 2.33. The van der Waals surface area contributed by atoms with Crippen LogP contribution < -0.4 is 19.5 Å². The number of rotatable bonds is 6. The molecule has 4 heteroatoms. The van der Waals surface area contributed by atoms with Crippen LogP contribution in [-0.2, 0) is 6.54 Å². The Hall–Kier alpha value is -2.20. The molecule has 4 nitrogen and oxygen atoms in total. The predicted molar refractivity (Wildman–Crippen MR) is 84.3 cm³/mol. The number of methoxy groups -OCH3 is 3. The molecule has 0 aliphatic carbocycles. The lowest BCUT2D eigenvalue weighted by Crippen LogP contribution is -2.04. The third kappa shape index (κ3) is 3.11. The van der Waals surface area contributed by atoms with E-state index in [0.29, 0.717) is 17.2 Å². The largest absolute Gasteiger partial charge is 0.493 e. The van der Waals surface area contributed by atoms with Gasteiger partial charge in [0.15, 0.2) is 11.5 Å². The number of hydrogen-bond acceptors (Lipinski definition) is 4. The molecule has 0 heterocycles. The van der Waals surface area contributed by atoms with Gasteiger partial charge in [0.25, 0.3) is 0 Å². The molecule has 1 N–H and O–H groups in total. The van der Waals surface area contributed by atoms with Gasteiger partial charge in [0.2, 0.25) is 5.75 Å². The monoisotopic (exact) mass is 287 g/mol. The first-order valence-electron chi connectivity index (χ1n) is 6.78. The fourth-order valence-corrected chi connectivity index (χ4v) is 2.33. The fraction of sp³-hybridized carbons (Fsp3) is 0.294. The smallest absolute Gasteiger partial charge is 0.203 e. The topological polar surface area (TPSA) is 39.7 Å². The first-order chi connectivity index (χ1) is 10.2. The quantitative estimate of drug-likeness (QED) is 0.886. The van der Waals surface area contributed by atoms with E-state index in [2.05, 4.69) is 29.6 Å². The van der Waals surface area contributed by atoms with E-state index in [-0.39, 0.29) is 0 Å². The average Bonchev–Trinajstić information content (AvgIpc) is 2.54. The van der Waals surface area contributed by atoms with Gasteiger partial charge in [0.05, 0.1) is 21.3 Å². The second kappa shape index (κ2) is 6.99. The van der Waals surface area contributed by atoms with Gasteiger partial charge in [0.1, 0.15) is 0 Å². The predicted octanol–water partition coefficient (Wildman–Crippen LogP) is 3.10. The summed E-state index contributed by atoms with van der Waals surface area (Å²) in [6, 6.07) is 12.2. The summed E-state index contributed by atoms with van der Waals surface area (Å²) in [5.74, 6) is 1.94. The number of ether oxygens (including phenoxy) is 3. The highest BCUT2D eigenvalue weighted by Crippen LogP contribution is 2.44. The van der Waals surface area contributed by atoms with E-state index in [1.165, 1.54) is 5.56 Å². The molecule has 2 aromatic rings. The standard InChI is InChI=1S/C17H21NO3/c1-18-11-12-5-7-13(8-6-12)14-9-10-15(19-2)17(21-4)16(14)20-3/h5-10,18H,11H2,1-4H3. The minimum atomic E-state index is 0.608. The summed E-state index contributed by atoms with van der Waals surface area (Å²) in [6.07, 6.45) is 0. The van der Waals surface area contributed by atoms with Gasteiger partial charge in [-0.1, -0.05) is 24.3 Å². The molecule has 2 aromatic carbocycles. The Labute approximate surface area is 125 Å². The van der Waals surface area contributed by atoms with Crippen LogP contribution in [0.1, 0.15) is 5.56 Å². The summed E-state index contributed by atoms with van der Waals surface area (Å²) >= 11 is 0. The minimum absolute atomic E-state index is 0.608. The molecule has 21 heavy (non-hydrogen) atoms. The first kappa shape index (κ1) is 15.2. The highest BCUT2D eigenvalue weighted by atomic mass is 16.5. The van der Waals surface area contributed by atoms with Crippen molar-refractivity contribution in [1.29, 1.82) is 0 Å². The number of hydrogen-bond donors (Lipinski definition) is 1. The summed E-state index contributed by atoms with van der Waals surface area (Å²) in [5.41, 5.74) is 3.29. The summed E-state index contributed by atoms with van der Waals surface area (Å²) in [7, 11) is 6.80. The second-order valence-corrected chi connectivity index (χ2v) is 4.61. The molecule has 0 bridgehead atoms. The van der Waals surface area contributed by atoms with Crippen molar-refractivity contribution < 1.29 is 14.2 Å². The van der Waals surface area contributed by atoms with E-state index in [9.17, 15) is 0 Å². The Bertz CT molecular complexity index is 594. The van der Waals surface area contributed by atoms with Gasteiger partial charge in [-0.15, -0.1) is 0 Å². The zero-order chi connectivity index (χ0) is 15.2. The van der Waals surface area contributed by atoms with Crippen LogP contribution in [0.3, 0.4) is 0 Å². The van der Waals surface area contributed by atoms with Crippen LogP contribution >= 0.6 is 0 Å². The summed E-state index contributed by atoms with van der Waals surface area (Å²) in [6.45, 7) is 0.851. The zero-order valence-electron chi connectivity index (χ0n) is 12.9. The van der Waals surface area contributed by atoms with E-state index in [0.717, 1.165) is 17.7 Å². The Morgan fingerprint density at radius 2 is 1.48 bits per heavy atom. The van der Waals surface area contributed by atoms with Crippen LogP contribution in [0.4, 0.5) is 0 Å². The third-order valence-corrected chi connectivity index (χ3v) is 3.35. The van der Waals surface area contributed by atoms with E-state index < -0.39 is 0 Å². The van der Waals surface area contributed by atoms with Gasteiger partial charge < -0.3 is 19.5 Å². The van der Waals surface area contributed by atoms with Gasteiger partial charge in [-0.3, -0.25) is 0 Å². The van der Waals surface area contributed by atoms with Gasteiger partial charge >= 0.3 is 0 Å². The third-order valence-electron chi connectivity index (χ3n) is 3.35. The van der Waals surface area contributed by atoms with Crippen LogP contribution in [0, 0.1) is 0 Å². The van der Waals surface area contributed by atoms with Gasteiger partial charge in [-0.05, 0) is 30.3 Å². The molecule has 0 amide bonds. The normalized spacial score (nSPS) is 10.3. The van der Waals surface area contributed by atoms with E-state index in [1.54, 1.807) is 21.3 Å². The summed E-state index contributed by atoms with van der Waals surface area (Å²) < 4.78 is 16.3. The molecule has 0 saturated heterocycles. The Morgan fingerprint density at radius 3 is 2.00 bits per heavy atom. The van der Waals surface area contributed by atoms with E-state index in [1.807, 2.05) is 19.2 Å². The number of benzene rings is 2. The molecule has 0 unspecified atom stereocenters. The van der Waals surface area contributed by atoms with Gasteiger partial charge in [-0.25, -0.2) is 0 Å². The molecular formula is C17H21NO3. The van der Waals surface area contributed by atoms with E-state index in [4.69, 9.17) is 14.2 Å². The maximum Gasteiger partial charge on any atom is 0.203 e. The van der Waals surface area contributed by atoms with Crippen molar-refractivity contribution in [2.75, 3.05) is 28.4 Å². The molecule has 0 aliphatic heterocycles. The molecule has 0 radical (unpaired) electrons. The maximum atomic E-state index is 5.52. The van der Waals surface area contributed by atoms with Crippen LogP contribution in [0.15, 0.2) is 36.4 Å². The SMILES string of the molecule is CNCc1ccc(-c2ccc(OC)c(OC)c2OC)cc1. The second-order valence-electron chi connectivity index (χ2n) is 4.61. The summed E-state index contributed by atoms with van der Waals surface area (Å²) in [5, 5.41) is 3.14. The van der Waals surface area contributed by atoms with Crippen molar-refractivity contribution in [1.82, 2.24) is 5.32 Å². The maximum absolute atomic E-state index is 5.52. The summed E-state index contributed by atoms with van der Waals surface area (Å²) in [4.78, 5) is 0. The first-order valence-corrected chi connectivity index (χ1v) is 6.78. The molecule has 112 valence electrons. The molecule has 0 saturated carbocycles. The Kier molecular flexibility index (Phi) is 5.06. The average molecular weight is 287 g/mol. The van der Waals surface area contributed by atoms with Crippen molar-refractivity contribution in [2.45, 2.75) is 6.54 Å². The van der Waals surface area contributed by atoms with Crippen LogP contribution in [0.2, 0.25) is 0 Å². The highest BCUT2D eigenvalue weighted by Gasteiger charge is 2.16. The van der Waals surface area contributed by atoms with Crippen molar-refractivity contribution in [2.24, 2.45) is 0 Å². The highest BCUT2D eigenvalue weighted by molar-refractivity contribution is 5.76. The molecular weight excluding hydrogens is 266 g/mol. The van der Waals surface area contributed by atoms with Crippen LogP contribution in [0.25, 0.3) is 11.1 Å². The minimum Gasteiger partial charge on any atom is -0.493 e. The van der Waals surface area contributed by atoms with Gasteiger partial charge in [0, 0.05) is 12.1 Å². The lowest BCUT2D eigenvalue weighted by atomic mass is 10.0. The molecule has 2 rings (SSSR count).